The summed E-state index contributed by atoms with van der Waals surface area (Å²) in [7, 11) is 0. The van der Waals surface area contributed by atoms with Crippen LogP contribution in [0, 0.1) is 0 Å². The Kier molecular flexibility index (Phi) is 4.92. The van der Waals surface area contributed by atoms with Crippen LogP contribution in [0.15, 0.2) is 60.9 Å². The fraction of sp³-hybridized carbons (Fsp3) is 0.167. The lowest BCUT2D eigenvalue weighted by atomic mass is 9.98. The van der Waals surface area contributed by atoms with Crippen molar-refractivity contribution in [2.45, 2.75) is 13.3 Å². The fourth-order valence-corrected chi connectivity index (χ4v) is 3.79. The molecule has 3 heterocycles. The zero-order valence-electron chi connectivity index (χ0n) is 17.1. The quantitative estimate of drug-likeness (QED) is 0.514. The molecule has 31 heavy (non-hydrogen) atoms. The van der Waals surface area contributed by atoms with E-state index >= 15 is 0 Å². The topological polar surface area (TPSA) is 89.0 Å². The number of anilines is 2. The van der Waals surface area contributed by atoms with Gasteiger partial charge in [-0.3, -0.25) is 9.78 Å². The minimum atomic E-state index is -0.0785. The molecule has 0 radical (unpaired) electrons. The van der Waals surface area contributed by atoms with Crippen LogP contribution < -0.4 is 15.4 Å². The van der Waals surface area contributed by atoms with E-state index in [1.807, 2.05) is 55.5 Å². The number of hydrogen-bond acceptors (Lipinski definition) is 6. The SMILES string of the molecule is CCOc1ccc2nc(-c3cccnc3)nc(Nc3cccc4c3C(=O)NCC4)c2c1. The molecule has 1 aliphatic heterocycles. The predicted octanol–water partition coefficient (Wildman–Crippen LogP) is 4.12. The molecule has 0 unspecified atom stereocenters. The van der Waals surface area contributed by atoms with Crippen LogP contribution >= 0.6 is 0 Å². The summed E-state index contributed by atoms with van der Waals surface area (Å²) in [6.07, 6.45) is 4.25. The van der Waals surface area contributed by atoms with E-state index in [2.05, 4.69) is 15.6 Å². The maximum absolute atomic E-state index is 12.6. The Bertz CT molecular complexity index is 1270. The fourth-order valence-electron chi connectivity index (χ4n) is 3.79. The largest absolute Gasteiger partial charge is 0.494 e. The van der Waals surface area contributed by atoms with Crippen molar-refractivity contribution in [1.82, 2.24) is 20.3 Å². The minimum absolute atomic E-state index is 0.0785. The molecule has 7 heteroatoms. The van der Waals surface area contributed by atoms with E-state index in [0.717, 1.165) is 34.2 Å². The summed E-state index contributed by atoms with van der Waals surface area (Å²) in [5.74, 6) is 1.83. The Labute approximate surface area is 179 Å². The van der Waals surface area contributed by atoms with E-state index in [0.29, 0.717) is 36.0 Å². The predicted molar refractivity (Wildman–Crippen MR) is 120 cm³/mol. The minimum Gasteiger partial charge on any atom is -0.494 e. The van der Waals surface area contributed by atoms with E-state index in [4.69, 9.17) is 14.7 Å². The van der Waals surface area contributed by atoms with Crippen LogP contribution in [-0.4, -0.2) is 34.0 Å². The molecule has 1 aliphatic rings. The second kappa shape index (κ2) is 8.02. The highest BCUT2D eigenvalue weighted by atomic mass is 16.5. The van der Waals surface area contributed by atoms with Crippen LogP contribution in [0.3, 0.4) is 0 Å². The van der Waals surface area contributed by atoms with Gasteiger partial charge in [0, 0.05) is 29.9 Å². The third kappa shape index (κ3) is 3.66. The van der Waals surface area contributed by atoms with Crippen molar-refractivity contribution in [3.05, 3.63) is 72.1 Å². The molecule has 5 rings (SSSR count). The van der Waals surface area contributed by atoms with Crippen molar-refractivity contribution in [2.24, 2.45) is 0 Å². The molecule has 7 nitrogen and oxygen atoms in total. The Morgan fingerprint density at radius 3 is 2.90 bits per heavy atom. The molecule has 0 atom stereocenters. The van der Waals surface area contributed by atoms with Crippen LogP contribution in [0.25, 0.3) is 22.3 Å². The van der Waals surface area contributed by atoms with E-state index in [9.17, 15) is 4.79 Å². The highest BCUT2D eigenvalue weighted by Crippen LogP contribution is 2.32. The zero-order valence-corrected chi connectivity index (χ0v) is 17.1. The molecule has 4 aromatic rings. The van der Waals surface area contributed by atoms with Crippen molar-refractivity contribution in [3.63, 3.8) is 0 Å². The van der Waals surface area contributed by atoms with E-state index in [-0.39, 0.29) is 5.91 Å². The summed E-state index contributed by atoms with van der Waals surface area (Å²) in [6.45, 7) is 3.16. The number of nitrogens with zero attached hydrogens (tertiary/aromatic N) is 3. The second-order valence-corrected chi connectivity index (χ2v) is 7.22. The number of nitrogens with one attached hydrogen (secondary N) is 2. The molecule has 0 saturated carbocycles. The normalized spacial score (nSPS) is 12.9. The average molecular weight is 411 g/mol. The summed E-state index contributed by atoms with van der Waals surface area (Å²) < 4.78 is 5.68. The van der Waals surface area contributed by atoms with Crippen LogP contribution in [-0.2, 0) is 6.42 Å². The zero-order chi connectivity index (χ0) is 21.2. The molecular weight excluding hydrogens is 390 g/mol. The molecule has 0 fully saturated rings. The van der Waals surface area contributed by atoms with Gasteiger partial charge in [0.1, 0.15) is 11.6 Å². The highest BCUT2D eigenvalue weighted by Gasteiger charge is 2.21. The van der Waals surface area contributed by atoms with Gasteiger partial charge in [-0.25, -0.2) is 9.97 Å². The van der Waals surface area contributed by atoms with E-state index in [1.165, 1.54) is 0 Å². The Morgan fingerprint density at radius 2 is 2.06 bits per heavy atom. The van der Waals surface area contributed by atoms with Gasteiger partial charge in [0.2, 0.25) is 0 Å². The van der Waals surface area contributed by atoms with Gasteiger partial charge in [-0.15, -0.1) is 0 Å². The van der Waals surface area contributed by atoms with Gasteiger partial charge in [0.05, 0.1) is 23.4 Å². The lowest BCUT2D eigenvalue weighted by Gasteiger charge is -2.20. The number of amides is 1. The van der Waals surface area contributed by atoms with Crippen LogP contribution in [0.4, 0.5) is 11.5 Å². The van der Waals surface area contributed by atoms with Crippen LogP contribution in [0.5, 0.6) is 5.75 Å². The first-order valence-electron chi connectivity index (χ1n) is 10.2. The summed E-state index contributed by atoms with van der Waals surface area (Å²) in [5.41, 5.74) is 3.98. The molecule has 0 spiro atoms. The number of benzene rings is 2. The van der Waals surface area contributed by atoms with Gasteiger partial charge >= 0.3 is 0 Å². The standard InChI is InChI=1S/C24H21N5O2/c1-2-31-17-8-9-19-18(13-17)23(29-22(27-19)16-6-4-11-25-14-16)28-20-7-3-5-15-10-12-26-24(30)21(15)20/h3-9,11,13-14H,2,10,12H2,1H3,(H,26,30)(H,27,28,29). The molecule has 1 amide bonds. The molecule has 0 bridgehead atoms. The van der Waals surface area contributed by atoms with Gasteiger partial charge in [-0.1, -0.05) is 12.1 Å². The Morgan fingerprint density at radius 1 is 1.13 bits per heavy atom. The van der Waals surface area contributed by atoms with E-state index in [1.54, 1.807) is 12.4 Å². The summed E-state index contributed by atoms with van der Waals surface area (Å²) in [4.78, 5) is 26.3. The molecule has 2 N–H and O–H groups in total. The number of ether oxygens (including phenoxy) is 1. The number of pyridine rings is 1. The van der Waals surface area contributed by atoms with E-state index < -0.39 is 0 Å². The molecular formula is C24H21N5O2. The molecule has 2 aromatic carbocycles. The van der Waals surface area contributed by atoms with Gasteiger partial charge in [-0.05, 0) is 55.3 Å². The number of carbonyl (C=O) groups excluding carboxylic acids is 1. The number of rotatable bonds is 5. The first-order chi connectivity index (χ1) is 15.2. The highest BCUT2D eigenvalue weighted by molar-refractivity contribution is 6.04. The molecule has 0 saturated heterocycles. The number of fused-ring (bicyclic) bond motifs is 2. The summed E-state index contributed by atoms with van der Waals surface area (Å²) in [5, 5.41) is 7.13. The van der Waals surface area contributed by atoms with Crippen molar-refractivity contribution in [1.29, 1.82) is 0 Å². The molecule has 2 aromatic heterocycles. The molecule has 0 aliphatic carbocycles. The third-order valence-corrected chi connectivity index (χ3v) is 5.21. The lowest BCUT2D eigenvalue weighted by molar-refractivity contribution is 0.0947. The van der Waals surface area contributed by atoms with Crippen molar-refractivity contribution >= 4 is 28.3 Å². The van der Waals surface area contributed by atoms with Crippen molar-refractivity contribution < 1.29 is 9.53 Å². The number of carbonyl (C=O) groups is 1. The van der Waals surface area contributed by atoms with Crippen LogP contribution in [0.1, 0.15) is 22.8 Å². The maximum Gasteiger partial charge on any atom is 0.253 e. The third-order valence-electron chi connectivity index (χ3n) is 5.21. The molecule has 154 valence electrons. The Balaban J connectivity index is 1.68. The average Bonchev–Trinajstić information content (AvgIpc) is 2.80. The van der Waals surface area contributed by atoms with Gasteiger partial charge in [0.25, 0.3) is 5.91 Å². The van der Waals surface area contributed by atoms with Gasteiger partial charge in [-0.2, -0.15) is 0 Å². The first-order valence-corrected chi connectivity index (χ1v) is 10.2. The first kappa shape index (κ1) is 19.0. The van der Waals surface area contributed by atoms with Crippen molar-refractivity contribution in [2.75, 3.05) is 18.5 Å². The van der Waals surface area contributed by atoms with Crippen molar-refractivity contribution in [3.8, 4) is 17.1 Å². The van der Waals surface area contributed by atoms with Crippen LogP contribution in [0.2, 0.25) is 0 Å². The second-order valence-electron chi connectivity index (χ2n) is 7.22. The number of hydrogen-bond donors (Lipinski definition) is 2. The monoisotopic (exact) mass is 411 g/mol. The Hall–Kier alpha value is -4.00. The number of aromatic nitrogens is 3. The van der Waals surface area contributed by atoms with Gasteiger partial charge in [0.15, 0.2) is 5.82 Å². The maximum atomic E-state index is 12.6. The summed E-state index contributed by atoms with van der Waals surface area (Å²) in [6, 6.07) is 15.4. The lowest BCUT2D eigenvalue weighted by Crippen LogP contribution is -2.32. The summed E-state index contributed by atoms with van der Waals surface area (Å²) >= 11 is 0. The smallest absolute Gasteiger partial charge is 0.253 e. The van der Waals surface area contributed by atoms with Gasteiger partial charge < -0.3 is 15.4 Å².